The van der Waals surface area contributed by atoms with E-state index in [0.717, 1.165) is 47.8 Å². The Morgan fingerprint density at radius 2 is 2.18 bits per heavy atom. The molecule has 1 fully saturated rings. The number of allylic oxidation sites excluding steroid dienone is 7. The maximum Gasteiger partial charge on any atom is 0.219 e. The number of imidazole rings is 1. The van der Waals surface area contributed by atoms with E-state index in [-0.39, 0.29) is 24.3 Å². The smallest absolute Gasteiger partial charge is 0.219 e. The molecule has 3 heterocycles. The molecule has 1 amide bonds. The second-order valence-corrected chi connectivity index (χ2v) is 8.55. The Labute approximate surface area is 198 Å². The van der Waals surface area contributed by atoms with Gasteiger partial charge in [0.15, 0.2) is 17.0 Å². The summed E-state index contributed by atoms with van der Waals surface area (Å²) in [6.07, 6.45) is 20.0. The highest BCUT2D eigenvalue weighted by atomic mass is 16.5. The van der Waals surface area contributed by atoms with Crippen LogP contribution in [-0.4, -0.2) is 51.7 Å². The molecule has 0 spiro atoms. The van der Waals surface area contributed by atoms with Crippen molar-refractivity contribution in [3.05, 3.63) is 72.3 Å². The maximum absolute atomic E-state index is 11.2. The largest absolute Gasteiger partial charge is 0.497 e. The molecule has 2 aromatic rings. The molecule has 9 heteroatoms. The number of ether oxygens (including phenoxy) is 2. The number of methoxy groups -OCH3 is 1. The number of carbonyl (C=O) groups excluding carboxylic acids is 1. The predicted octanol–water partition coefficient (Wildman–Crippen LogP) is 2.78. The second kappa shape index (κ2) is 9.54. The van der Waals surface area contributed by atoms with Crippen LogP contribution in [0.5, 0.6) is 0 Å². The fraction of sp³-hybridized carbons (Fsp3) is 0.360. The summed E-state index contributed by atoms with van der Waals surface area (Å²) in [4.78, 5) is 27.0. The SMILES string of the molecule is COC1=CC2=CC(C=CC=C2OC[C@H]2CCCN2c2ncnc3c2ncn3CCC(N)=O)C=C1. The number of nitrogens with two attached hydrogens (primary N) is 1. The van der Waals surface area contributed by atoms with Crippen LogP contribution in [0.25, 0.3) is 11.2 Å². The second-order valence-electron chi connectivity index (χ2n) is 8.55. The van der Waals surface area contributed by atoms with Gasteiger partial charge in [-0.15, -0.1) is 0 Å². The first-order valence-corrected chi connectivity index (χ1v) is 11.5. The van der Waals surface area contributed by atoms with E-state index in [4.69, 9.17) is 15.2 Å². The van der Waals surface area contributed by atoms with Crippen LogP contribution in [-0.2, 0) is 20.8 Å². The number of anilines is 1. The molecule has 34 heavy (non-hydrogen) atoms. The molecule has 3 aliphatic rings. The van der Waals surface area contributed by atoms with Gasteiger partial charge in [-0.3, -0.25) is 4.79 Å². The van der Waals surface area contributed by atoms with Gasteiger partial charge >= 0.3 is 0 Å². The van der Waals surface area contributed by atoms with Crippen molar-refractivity contribution in [2.24, 2.45) is 11.7 Å². The lowest BCUT2D eigenvalue weighted by Gasteiger charge is -2.26. The number of nitrogens with zero attached hydrogens (tertiary/aromatic N) is 5. The Morgan fingerprint density at radius 3 is 3.03 bits per heavy atom. The van der Waals surface area contributed by atoms with Gasteiger partial charge < -0.3 is 24.7 Å². The van der Waals surface area contributed by atoms with Crippen LogP contribution in [0.2, 0.25) is 0 Å². The first-order chi connectivity index (χ1) is 16.6. The molecule has 1 aliphatic heterocycles. The Morgan fingerprint density at radius 1 is 1.26 bits per heavy atom. The summed E-state index contributed by atoms with van der Waals surface area (Å²) in [7, 11) is 1.67. The molecule has 0 aromatic carbocycles. The van der Waals surface area contributed by atoms with Crippen LogP contribution < -0.4 is 10.6 Å². The molecule has 2 aromatic heterocycles. The third-order valence-corrected chi connectivity index (χ3v) is 6.32. The topological polar surface area (TPSA) is 108 Å². The van der Waals surface area contributed by atoms with Gasteiger partial charge in [-0.25, -0.2) is 15.0 Å². The third kappa shape index (κ3) is 4.46. The number of primary amides is 1. The van der Waals surface area contributed by atoms with Gasteiger partial charge in [0.1, 0.15) is 24.5 Å². The lowest BCUT2D eigenvalue weighted by atomic mass is 10.1. The highest BCUT2D eigenvalue weighted by Crippen LogP contribution is 2.31. The van der Waals surface area contributed by atoms with E-state index in [9.17, 15) is 4.79 Å². The average Bonchev–Trinajstić information content (AvgIpc) is 3.37. The molecule has 0 saturated carbocycles. The van der Waals surface area contributed by atoms with Gasteiger partial charge in [0.2, 0.25) is 5.91 Å². The number of carbonyl (C=O) groups is 1. The van der Waals surface area contributed by atoms with E-state index in [2.05, 4.69) is 38.1 Å². The Kier molecular flexibility index (Phi) is 6.16. The normalized spacial score (nSPS) is 21.6. The summed E-state index contributed by atoms with van der Waals surface area (Å²) < 4.78 is 13.7. The quantitative estimate of drug-likeness (QED) is 0.645. The summed E-state index contributed by atoms with van der Waals surface area (Å²) >= 11 is 0. The Hall–Kier alpha value is -3.88. The van der Waals surface area contributed by atoms with Gasteiger partial charge in [0.25, 0.3) is 0 Å². The molecule has 5 rings (SSSR count). The van der Waals surface area contributed by atoms with Gasteiger partial charge in [0, 0.05) is 31.0 Å². The lowest BCUT2D eigenvalue weighted by molar-refractivity contribution is -0.118. The number of rotatable bonds is 8. The average molecular weight is 461 g/mol. The Balaban J connectivity index is 1.34. The van der Waals surface area contributed by atoms with E-state index in [1.165, 1.54) is 0 Å². The fourth-order valence-electron chi connectivity index (χ4n) is 4.56. The molecule has 1 unspecified atom stereocenters. The molecule has 176 valence electrons. The number of aryl methyl sites for hydroxylation is 1. The summed E-state index contributed by atoms with van der Waals surface area (Å²) in [6.45, 7) is 1.84. The van der Waals surface area contributed by atoms with Crippen LogP contribution in [0.3, 0.4) is 0 Å². The molecule has 1 saturated heterocycles. The van der Waals surface area contributed by atoms with Gasteiger partial charge in [-0.2, -0.15) is 0 Å². The van der Waals surface area contributed by atoms with Crippen molar-refractivity contribution in [3.63, 3.8) is 0 Å². The van der Waals surface area contributed by atoms with Gasteiger partial charge in [-0.05, 0) is 31.1 Å². The Bertz CT molecular complexity index is 1240. The monoisotopic (exact) mass is 460 g/mol. The third-order valence-electron chi connectivity index (χ3n) is 6.32. The number of fused-ring (bicyclic) bond motifs is 2. The van der Waals surface area contributed by atoms with Crippen molar-refractivity contribution in [1.82, 2.24) is 19.5 Å². The minimum absolute atomic E-state index is 0.160. The number of amides is 1. The number of aromatic nitrogens is 4. The predicted molar refractivity (Wildman–Crippen MR) is 128 cm³/mol. The lowest BCUT2D eigenvalue weighted by Crippen LogP contribution is -2.34. The number of hydrogen-bond donors (Lipinski definition) is 1. The molecule has 2 atom stereocenters. The summed E-state index contributed by atoms with van der Waals surface area (Å²) in [5.74, 6) is 2.28. The van der Waals surface area contributed by atoms with Crippen LogP contribution in [0.15, 0.2) is 72.3 Å². The minimum Gasteiger partial charge on any atom is -0.497 e. The van der Waals surface area contributed by atoms with Crippen molar-refractivity contribution in [2.75, 3.05) is 25.2 Å². The van der Waals surface area contributed by atoms with Crippen molar-refractivity contribution < 1.29 is 14.3 Å². The first kappa shape index (κ1) is 21.9. The van der Waals surface area contributed by atoms with Crippen molar-refractivity contribution >= 4 is 22.9 Å². The highest BCUT2D eigenvalue weighted by Gasteiger charge is 2.29. The molecule has 0 radical (unpaired) electrons. The van der Waals surface area contributed by atoms with Gasteiger partial charge in [-0.1, -0.05) is 24.3 Å². The first-order valence-electron chi connectivity index (χ1n) is 11.5. The molecule has 2 N–H and O–H groups in total. The molecule has 2 bridgehead atoms. The van der Waals surface area contributed by atoms with Crippen molar-refractivity contribution in [1.29, 1.82) is 0 Å². The standard InChI is InChI=1S/C25H28N6O3/c1-33-20-8-7-17-4-2-6-21(18(12-17)13-20)34-14-19-5-3-10-31(19)25-23-24(27-15-28-25)30(16-29-23)11-9-22(26)32/h2,4,6-8,12-13,15-17,19H,3,5,9-11,14H2,1H3,(H2,26,32)/t17?,19-/m1/s1. The summed E-state index contributed by atoms with van der Waals surface area (Å²) in [5.41, 5.74) is 7.75. The number of hydrogen-bond acceptors (Lipinski definition) is 7. The fourth-order valence-corrected chi connectivity index (χ4v) is 4.56. The van der Waals surface area contributed by atoms with E-state index in [1.807, 2.05) is 28.9 Å². The molecular weight excluding hydrogens is 432 g/mol. The van der Waals surface area contributed by atoms with E-state index < -0.39 is 0 Å². The molecule has 9 nitrogen and oxygen atoms in total. The van der Waals surface area contributed by atoms with E-state index in [1.54, 1.807) is 19.8 Å². The highest BCUT2D eigenvalue weighted by molar-refractivity contribution is 5.84. The van der Waals surface area contributed by atoms with Crippen LogP contribution in [0, 0.1) is 5.92 Å². The van der Waals surface area contributed by atoms with Crippen molar-refractivity contribution in [2.45, 2.75) is 31.8 Å². The summed E-state index contributed by atoms with van der Waals surface area (Å²) in [5, 5.41) is 0. The zero-order valence-electron chi connectivity index (χ0n) is 19.1. The van der Waals surface area contributed by atoms with Crippen LogP contribution in [0.1, 0.15) is 19.3 Å². The van der Waals surface area contributed by atoms with E-state index >= 15 is 0 Å². The maximum atomic E-state index is 11.2. The van der Waals surface area contributed by atoms with Gasteiger partial charge in [0.05, 0.1) is 19.5 Å². The summed E-state index contributed by atoms with van der Waals surface area (Å²) in [6, 6.07) is 0.160. The van der Waals surface area contributed by atoms with E-state index in [0.29, 0.717) is 18.8 Å². The zero-order valence-corrected chi connectivity index (χ0v) is 19.1. The van der Waals surface area contributed by atoms with Crippen LogP contribution >= 0.6 is 0 Å². The minimum atomic E-state index is -0.353. The molecular formula is C25H28N6O3. The molecule has 2 aliphatic carbocycles. The zero-order chi connectivity index (χ0) is 23.5. The van der Waals surface area contributed by atoms with Crippen LogP contribution in [0.4, 0.5) is 5.82 Å². The van der Waals surface area contributed by atoms with Crippen molar-refractivity contribution in [3.8, 4) is 0 Å².